The number of likely N-dealkylation sites (N-methyl/N-ethyl adjacent to an activating group) is 1. The Hall–Kier alpha value is -1.85. The first kappa shape index (κ1) is 15.5. The zero-order valence-corrected chi connectivity index (χ0v) is 12.9. The van der Waals surface area contributed by atoms with Crippen LogP contribution >= 0.6 is 11.6 Å². The van der Waals surface area contributed by atoms with Gasteiger partial charge in [-0.1, -0.05) is 18.5 Å². The lowest BCUT2D eigenvalue weighted by molar-refractivity contribution is 0.477. The normalized spacial score (nSPS) is 12.1. The molecule has 0 aliphatic rings. The standard InChI is InChI=1S/C15H19ClN4O/c1-3-11(17-2)9-19-14-6-7-18-15(20-14)12-8-10(16)4-5-13(12)21/h4-8,11,17,21H,3,9H2,1-2H3,(H,18,19,20)/t11-/m1/s1. The molecule has 2 rings (SSSR count). The number of nitrogens with one attached hydrogen (secondary N) is 2. The van der Waals surface area contributed by atoms with Crippen LogP contribution in [0.3, 0.4) is 0 Å². The highest BCUT2D eigenvalue weighted by molar-refractivity contribution is 6.30. The summed E-state index contributed by atoms with van der Waals surface area (Å²) in [5, 5.41) is 16.9. The van der Waals surface area contributed by atoms with Gasteiger partial charge in [-0.3, -0.25) is 0 Å². The molecule has 21 heavy (non-hydrogen) atoms. The Morgan fingerprint density at radius 1 is 1.33 bits per heavy atom. The van der Waals surface area contributed by atoms with Crippen LogP contribution in [0.25, 0.3) is 11.4 Å². The van der Waals surface area contributed by atoms with Crippen molar-refractivity contribution < 1.29 is 5.11 Å². The maximum atomic E-state index is 9.90. The van der Waals surface area contributed by atoms with E-state index in [1.807, 2.05) is 7.05 Å². The lowest BCUT2D eigenvalue weighted by Crippen LogP contribution is -2.32. The van der Waals surface area contributed by atoms with Gasteiger partial charge in [0.15, 0.2) is 5.82 Å². The van der Waals surface area contributed by atoms with Gasteiger partial charge in [0, 0.05) is 23.8 Å². The average molecular weight is 307 g/mol. The molecule has 0 fully saturated rings. The van der Waals surface area contributed by atoms with Crippen LogP contribution in [0, 0.1) is 0 Å². The number of aromatic nitrogens is 2. The molecule has 1 heterocycles. The van der Waals surface area contributed by atoms with E-state index in [4.69, 9.17) is 11.6 Å². The Morgan fingerprint density at radius 2 is 2.14 bits per heavy atom. The Labute approximate surface area is 129 Å². The van der Waals surface area contributed by atoms with Crippen molar-refractivity contribution in [1.29, 1.82) is 0 Å². The van der Waals surface area contributed by atoms with Crippen LogP contribution in [0.4, 0.5) is 5.82 Å². The molecule has 0 bridgehead atoms. The van der Waals surface area contributed by atoms with Gasteiger partial charge in [-0.2, -0.15) is 0 Å². The van der Waals surface area contributed by atoms with E-state index < -0.39 is 0 Å². The SMILES string of the molecule is CC[C@H](CNc1ccnc(-c2cc(Cl)ccc2O)n1)NC. The van der Waals surface area contributed by atoms with Gasteiger partial charge in [0.1, 0.15) is 11.6 Å². The number of hydrogen-bond donors (Lipinski definition) is 3. The molecule has 0 saturated heterocycles. The third-order valence-corrected chi connectivity index (χ3v) is 3.52. The van der Waals surface area contributed by atoms with E-state index in [1.54, 1.807) is 24.4 Å². The van der Waals surface area contributed by atoms with Gasteiger partial charge in [0.25, 0.3) is 0 Å². The Kier molecular flexibility index (Phi) is 5.36. The Morgan fingerprint density at radius 3 is 2.86 bits per heavy atom. The molecule has 0 radical (unpaired) electrons. The van der Waals surface area contributed by atoms with Gasteiger partial charge < -0.3 is 15.7 Å². The van der Waals surface area contributed by atoms with Gasteiger partial charge >= 0.3 is 0 Å². The van der Waals surface area contributed by atoms with E-state index in [0.717, 1.165) is 13.0 Å². The van der Waals surface area contributed by atoms with Crippen LogP contribution < -0.4 is 10.6 Å². The topological polar surface area (TPSA) is 70.1 Å². The molecule has 3 N–H and O–H groups in total. The summed E-state index contributed by atoms with van der Waals surface area (Å²) < 4.78 is 0. The molecule has 1 aromatic carbocycles. The van der Waals surface area contributed by atoms with E-state index in [2.05, 4.69) is 27.5 Å². The summed E-state index contributed by atoms with van der Waals surface area (Å²) in [6, 6.07) is 6.99. The van der Waals surface area contributed by atoms with E-state index in [-0.39, 0.29) is 5.75 Å². The first-order chi connectivity index (χ1) is 10.1. The molecular formula is C15H19ClN4O. The summed E-state index contributed by atoms with van der Waals surface area (Å²) in [5.41, 5.74) is 0.520. The number of anilines is 1. The molecule has 0 saturated carbocycles. The maximum Gasteiger partial charge on any atom is 0.165 e. The second kappa shape index (κ2) is 7.24. The highest BCUT2D eigenvalue weighted by atomic mass is 35.5. The quantitative estimate of drug-likeness (QED) is 0.765. The first-order valence-electron chi connectivity index (χ1n) is 6.87. The van der Waals surface area contributed by atoms with Crippen LogP contribution in [-0.2, 0) is 0 Å². The van der Waals surface area contributed by atoms with Crippen molar-refractivity contribution in [2.24, 2.45) is 0 Å². The van der Waals surface area contributed by atoms with Crippen LogP contribution in [0.5, 0.6) is 5.75 Å². The second-order valence-corrected chi connectivity index (χ2v) is 5.14. The summed E-state index contributed by atoms with van der Waals surface area (Å²) in [7, 11) is 1.94. The highest BCUT2D eigenvalue weighted by Gasteiger charge is 2.09. The highest BCUT2D eigenvalue weighted by Crippen LogP contribution is 2.29. The first-order valence-corrected chi connectivity index (χ1v) is 7.25. The number of hydrogen-bond acceptors (Lipinski definition) is 5. The van der Waals surface area contributed by atoms with Crippen LogP contribution in [-0.4, -0.2) is 34.7 Å². The molecule has 112 valence electrons. The number of phenolic OH excluding ortho intramolecular Hbond substituents is 1. The van der Waals surface area contributed by atoms with E-state index in [1.165, 1.54) is 6.07 Å². The largest absolute Gasteiger partial charge is 0.507 e. The van der Waals surface area contributed by atoms with Crippen molar-refractivity contribution in [2.75, 3.05) is 18.9 Å². The van der Waals surface area contributed by atoms with Gasteiger partial charge in [0.05, 0.1) is 5.56 Å². The zero-order valence-electron chi connectivity index (χ0n) is 12.1. The summed E-state index contributed by atoms with van der Waals surface area (Å²) >= 11 is 5.96. The van der Waals surface area contributed by atoms with Crippen LogP contribution in [0.15, 0.2) is 30.5 Å². The minimum absolute atomic E-state index is 0.109. The van der Waals surface area contributed by atoms with Crippen molar-refractivity contribution >= 4 is 17.4 Å². The minimum Gasteiger partial charge on any atom is -0.507 e. The number of nitrogens with zero attached hydrogens (tertiary/aromatic N) is 2. The molecule has 5 nitrogen and oxygen atoms in total. The second-order valence-electron chi connectivity index (χ2n) is 4.70. The summed E-state index contributed by atoms with van der Waals surface area (Å²) in [5.74, 6) is 1.27. The molecule has 0 aliphatic carbocycles. The van der Waals surface area contributed by atoms with Crippen LogP contribution in [0.1, 0.15) is 13.3 Å². The van der Waals surface area contributed by atoms with Crippen molar-refractivity contribution in [3.05, 3.63) is 35.5 Å². The molecule has 1 aromatic heterocycles. The van der Waals surface area contributed by atoms with Crippen molar-refractivity contribution in [2.45, 2.75) is 19.4 Å². The van der Waals surface area contributed by atoms with Gasteiger partial charge in [-0.05, 0) is 37.7 Å². The van der Waals surface area contributed by atoms with Crippen LogP contribution in [0.2, 0.25) is 5.02 Å². The molecule has 2 aromatic rings. The van der Waals surface area contributed by atoms with Gasteiger partial charge in [0.2, 0.25) is 0 Å². The Balaban J connectivity index is 2.19. The Bertz CT molecular complexity index is 602. The molecule has 1 atom stereocenters. The average Bonchev–Trinajstić information content (AvgIpc) is 2.51. The summed E-state index contributed by atoms with van der Waals surface area (Å²) in [6.07, 6.45) is 2.68. The summed E-state index contributed by atoms with van der Waals surface area (Å²) in [6.45, 7) is 2.89. The molecule has 6 heteroatoms. The van der Waals surface area contributed by atoms with Crippen molar-refractivity contribution in [3.63, 3.8) is 0 Å². The third kappa shape index (κ3) is 4.06. The number of phenols is 1. The van der Waals surface area contributed by atoms with Crippen molar-refractivity contribution in [3.8, 4) is 17.1 Å². The molecule has 0 spiro atoms. The monoisotopic (exact) mass is 306 g/mol. The fourth-order valence-corrected chi connectivity index (χ4v) is 2.12. The predicted octanol–water partition coefficient (Wildman–Crippen LogP) is 2.91. The van der Waals surface area contributed by atoms with E-state index in [9.17, 15) is 5.11 Å². The number of rotatable bonds is 6. The fraction of sp³-hybridized carbons (Fsp3) is 0.333. The molecule has 0 unspecified atom stereocenters. The van der Waals surface area contributed by atoms with Gasteiger partial charge in [-0.25, -0.2) is 9.97 Å². The lowest BCUT2D eigenvalue weighted by atomic mass is 10.2. The molecular weight excluding hydrogens is 288 g/mol. The molecule has 0 amide bonds. The summed E-state index contributed by atoms with van der Waals surface area (Å²) in [4.78, 5) is 8.61. The van der Waals surface area contributed by atoms with Crippen molar-refractivity contribution in [1.82, 2.24) is 15.3 Å². The van der Waals surface area contributed by atoms with Gasteiger partial charge in [-0.15, -0.1) is 0 Å². The number of aromatic hydroxyl groups is 1. The molecule has 0 aliphatic heterocycles. The fourth-order valence-electron chi connectivity index (χ4n) is 1.95. The number of benzene rings is 1. The zero-order chi connectivity index (χ0) is 15.2. The minimum atomic E-state index is 0.109. The third-order valence-electron chi connectivity index (χ3n) is 3.29. The predicted molar refractivity (Wildman–Crippen MR) is 85.8 cm³/mol. The van der Waals surface area contributed by atoms with E-state index in [0.29, 0.717) is 28.3 Å². The smallest absolute Gasteiger partial charge is 0.165 e. The lowest BCUT2D eigenvalue weighted by Gasteiger charge is -2.15. The number of halogens is 1. The van der Waals surface area contributed by atoms with E-state index >= 15 is 0 Å². The maximum absolute atomic E-state index is 9.90.